The van der Waals surface area contributed by atoms with Crippen LogP contribution < -0.4 is 4.74 Å². The predicted molar refractivity (Wildman–Crippen MR) is 75.1 cm³/mol. The molecular weight excluding hydrogens is 240 g/mol. The van der Waals surface area contributed by atoms with Crippen molar-refractivity contribution in [1.29, 1.82) is 0 Å². The van der Waals surface area contributed by atoms with Crippen molar-refractivity contribution >= 4 is 0 Å². The standard InChI is InChI=1S/C15H20N2O2/c1-10(2)9-14-15(18)11(3)17(16-14)12-5-7-13(19-4)8-6-12/h5-8,10,18H,9H2,1-4H3. The minimum Gasteiger partial charge on any atom is -0.504 e. The van der Waals surface area contributed by atoms with Crippen LogP contribution in [0.15, 0.2) is 24.3 Å². The molecule has 0 aliphatic heterocycles. The van der Waals surface area contributed by atoms with Crippen LogP contribution in [-0.2, 0) is 6.42 Å². The monoisotopic (exact) mass is 260 g/mol. The SMILES string of the molecule is COc1ccc(-n2nc(CC(C)C)c(O)c2C)cc1. The number of ether oxygens (including phenoxy) is 1. The summed E-state index contributed by atoms with van der Waals surface area (Å²) in [6, 6.07) is 7.63. The molecule has 0 spiro atoms. The zero-order valence-electron chi connectivity index (χ0n) is 11.8. The summed E-state index contributed by atoms with van der Waals surface area (Å²) in [4.78, 5) is 0. The lowest BCUT2D eigenvalue weighted by Crippen LogP contribution is -2.00. The van der Waals surface area contributed by atoms with Gasteiger partial charge in [0.2, 0.25) is 0 Å². The Morgan fingerprint density at radius 3 is 2.42 bits per heavy atom. The van der Waals surface area contributed by atoms with E-state index in [0.29, 0.717) is 11.7 Å². The number of rotatable bonds is 4. The number of nitrogens with zero attached hydrogens (tertiary/aromatic N) is 2. The lowest BCUT2D eigenvalue weighted by atomic mass is 10.1. The van der Waals surface area contributed by atoms with Gasteiger partial charge in [0.05, 0.1) is 18.5 Å². The first-order valence-electron chi connectivity index (χ1n) is 6.44. The van der Waals surface area contributed by atoms with Crippen LogP contribution >= 0.6 is 0 Å². The van der Waals surface area contributed by atoms with Gasteiger partial charge < -0.3 is 9.84 Å². The van der Waals surface area contributed by atoms with E-state index in [2.05, 4.69) is 18.9 Å². The molecule has 0 aliphatic rings. The van der Waals surface area contributed by atoms with E-state index in [0.717, 1.165) is 29.2 Å². The molecule has 2 rings (SSSR count). The van der Waals surface area contributed by atoms with Gasteiger partial charge in [-0.25, -0.2) is 4.68 Å². The molecule has 0 amide bonds. The molecule has 4 heteroatoms. The highest BCUT2D eigenvalue weighted by Crippen LogP contribution is 2.26. The van der Waals surface area contributed by atoms with Gasteiger partial charge in [-0.15, -0.1) is 0 Å². The number of hydrogen-bond donors (Lipinski definition) is 1. The van der Waals surface area contributed by atoms with Crippen molar-refractivity contribution in [3.63, 3.8) is 0 Å². The summed E-state index contributed by atoms with van der Waals surface area (Å²) in [6.45, 7) is 6.10. The van der Waals surface area contributed by atoms with Gasteiger partial charge in [-0.1, -0.05) is 13.8 Å². The molecule has 1 N–H and O–H groups in total. The quantitative estimate of drug-likeness (QED) is 0.919. The largest absolute Gasteiger partial charge is 0.504 e. The highest BCUT2D eigenvalue weighted by atomic mass is 16.5. The maximum Gasteiger partial charge on any atom is 0.160 e. The molecule has 0 radical (unpaired) electrons. The molecule has 102 valence electrons. The number of methoxy groups -OCH3 is 1. The Bertz CT molecular complexity index is 556. The molecule has 0 saturated heterocycles. The fourth-order valence-corrected chi connectivity index (χ4v) is 2.05. The van der Waals surface area contributed by atoms with Gasteiger partial charge in [0.1, 0.15) is 11.4 Å². The predicted octanol–water partition coefficient (Wildman–Crippen LogP) is 3.09. The third kappa shape index (κ3) is 2.72. The normalized spacial score (nSPS) is 11.0. The zero-order valence-corrected chi connectivity index (χ0v) is 11.8. The van der Waals surface area contributed by atoms with Crippen LogP contribution in [0.2, 0.25) is 0 Å². The molecule has 1 heterocycles. The van der Waals surface area contributed by atoms with Crippen LogP contribution in [-0.4, -0.2) is 22.0 Å². The van der Waals surface area contributed by atoms with Crippen molar-refractivity contribution in [2.24, 2.45) is 5.92 Å². The highest BCUT2D eigenvalue weighted by Gasteiger charge is 2.15. The van der Waals surface area contributed by atoms with Crippen LogP contribution in [0.3, 0.4) is 0 Å². The first-order chi connectivity index (χ1) is 9.02. The van der Waals surface area contributed by atoms with Gasteiger partial charge in [-0.2, -0.15) is 5.10 Å². The Labute approximate surface area is 113 Å². The average molecular weight is 260 g/mol. The van der Waals surface area contributed by atoms with Crippen LogP contribution in [0, 0.1) is 12.8 Å². The highest BCUT2D eigenvalue weighted by molar-refractivity contribution is 5.42. The smallest absolute Gasteiger partial charge is 0.160 e. The van der Waals surface area contributed by atoms with Crippen LogP contribution in [0.1, 0.15) is 25.2 Å². The van der Waals surface area contributed by atoms with Gasteiger partial charge in [0.25, 0.3) is 0 Å². The first-order valence-corrected chi connectivity index (χ1v) is 6.44. The second-order valence-corrected chi connectivity index (χ2v) is 5.09. The first kappa shape index (κ1) is 13.5. The van der Waals surface area contributed by atoms with Crippen molar-refractivity contribution in [2.45, 2.75) is 27.2 Å². The van der Waals surface area contributed by atoms with Crippen molar-refractivity contribution in [2.75, 3.05) is 7.11 Å². The van der Waals surface area contributed by atoms with E-state index in [1.54, 1.807) is 11.8 Å². The fraction of sp³-hybridized carbons (Fsp3) is 0.400. The van der Waals surface area contributed by atoms with Gasteiger partial charge >= 0.3 is 0 Å². The number of aromatic hydroxyl groups is 1. The third-order valence-electron chi connectivity index (χ3n) is 3.07. The molecule has 0 aliphatic carbocycles. The zero-order chi connectivity index (χ0) is 14.0. The molecule has 0 fully saturated rings. The fourth-order valence-electron chi connectivity index (χ4n) is 2.05. The molecule has 0 bridgehead atoms. The topological polar surface area (TPSA) is 47.3 Å². The van der Waals surface area contributed by atoms with Gasteiger partial charge in [0.15, 0.2) is 5.75 Å². The third-order valence-corrected chi connectivity index (χ3v) is 3.07. The molecular formula is C15H20N2O2. The average Bonchev–Trinajstić information content (AvgIpc) is 2.67. The van der Waals surface area contributed by atoms with E-state index in [-0.39, 0.29) is 0 Å². The molecule has 2 aromatic rings. The summed E-state index contributed by atoms with van der Waals surface area (Å²) in [5, 5.41) is 14.6. The summed E-state index contributed by atoms with van der Waals surface area (Å²) < 4.78 is 6.91. The molecule has 4 nitrogen and oxygen atoms in total. The van der Waals surface area contributed by atoms with Crippen molar-refractivity contribution in [1.82, 2.24) is 9.78 Å². The minimum atomic E-state index is 0.296. The van der Waals surface area contributed by atoms with E-state index < -0.39 is 0 Å². The summed E-state index contributed by atoms with van der Waals surface area (Å²) in [6.07, 6.45) is 0.774. The van der Waals surface area contributed by atoms with Crippen LogP contribution in [0.4, 0.5) is 0 Å². The number of hydrogen-bond acceptors (Lipinski definition) is 3. The van der Waals surface area contributed by atoms with E-state index in [4.69, 9.17) is 4.74 Å². The number of aromatic nitrogens is 2. The maximum atomic E-state index is 10.1. The molecule has 1 aromatic heterocycles. The molecule has 0 unspecified atom stereocenters. The Balaban J connectivity index is 2.38. The summed E-state index contributed by atoms with van der Waals surface area (Å²) in [5.74, 6) is 1.56. The molecule has 0 saturated carbocycles. The lowest BCUT2D eigenvalue weighted by molar-refractivity contribution is 0.414. The molecule has 1 aromatic carbocycles. The molecule has 0 atom stereocenters. The summed E-state index contributed by atoms with van der Waals surface area (Å²) in [5.41, 5.74) is 2.44. The van der Waals surface area contributed by atoms with E-state index in [9.17, 15) is 5.11 Å². The second kappa shape index (κ2) is 5.34. The Morgan fingerprint density at radius 1 is 1.26 bits per heavy atom. The maximum absolute atomic E-state index is 10.1. The van der Waals surface area contributed by atoms with Crippen molar-refractivity contribution in [3.05, 3.63) is 35.7 Å². The van der Waals surface area contributed by atoms with E-state index in [1.807, 2.05) is 31.2 Å². The van der Waals surface area contributed by atoms with Crippen LogP contribution in [0.5, 0.6) is 11.5 Å². The molecule has 19 heavy (non-hydrogen) atoms. The van der Waals surface area contributed by atoms with Gasteiger partial charge in [-0.05, 0) is 43.5 Å². The Kier molecular flexibility index (Phi) is 3.79. The number of benzene rings is 1. The Hall–Kier alpha value is -1.97. The van der Waals surface area contributed by atoms with Gasteiger partial charge in [-0.3, -0.25) is 0 Å². The lowest BCUT2D eigenvalue weighted by Gasteiger charge is -2.05. The van der Waals surface area contributed by atoms with Gasteiger partial charge in [0, 0.05) is 0 Å². The second-order valence-electron chi connectivity index (χ2n) is 5.09. The van der Waals surface area contributed by atoms with Crippen LogP contribution in [0.25, 0.3) is 5.69 Å². The minimum absolute atomic E-state index is 0.296. The Morgan fingerprint density at radius 2 is 1.89 bits per heavy atom. The van der Waals surface area contributed by atoms with E-state index >= 15 is 0 Å². The summed E-state index contributed by atoms with van der Waals surface area (Å²) >= 11 is 0. The van der Waals surface area contributed by atoms with E-state index in [1.165, 1.54) is 0 Å². The summed E-state index contributed by atoms with van der Waals surface area (Å²) in [7, 11) is 1.64. The van der Waals surface area contributed by atoms with Crippen molar-refractivity contribution in [3.8, 4) is 17.2 Å². The van der Waals surface area contributed by atoms with Crippen molar-refractivity contribution < 1.29 is 9.84 Å².